The highest BCUT2D eigenvalue weighted by molar-refractivity contribution is 7.80. The molecule has 3 rings (SSSR count). The predicted molar refractivity (Wildman–Crippen MR) is 103 cm³/mol. The van der Waals surface area contributed by atoms with Crippen LogP contribution in [0.1, 0.15) is 30.5 Å². The van der Waals surface area contributed by atoms with Crippen LogP contribution in [0.3, 0.4) is 0 Å². The van der Waals surface area contributed by atoms with E-state index in [0.29, 0.717) is 5.11 Å². The Hall–Kier alpha value is -1.98. The number of anilines is 1. The van der Waals surface area contributed by atoms with Crippen molar-refractivity contribution in [2.75, 3.05) is 5.32 Å². The molecule has 0 saturated carbocycles. The fourth-order valence-electron chi connectivity index (χ4n) is 2.39. The molecule has 118 valence electrons. The molecular formula is C18H19N3S2. The maximum Gasteiger partial charge on any atom is 0.171 e. The van der Waals surface area contributed by atoms with Crippen LogP contribution in [0.4, 0.5) is 5.69 Å². The van der Waals surface area contributed by atoms with Gasteiger partial charge in [0, 0.05) is 5.69 Å². The Bertz CT molecular complexity index is 812. The van der Waals surface area contributed by atoms with Gasteiger partial charge < -0.3 is 10.6 Å². The van der Waals surface area contributed by atoms with Gasteiger partial charge in [-0.2, -0.15) is 0 Å². The summed E-state index contributed by atoms with van der Waals surface area (Å²) in [6, 6.07) is 16.6. The zero-order valence-electron chi connectivity index (χ0n) is 13.2. The van der Waals surface area contributed by atoms with E-state index < -0.39 is 0 Å². The van der Waals surface area contributed by atoms with Crippen LogP contribution in [0, 0.1) is 0 Å². The molecule has 23 heavy (non-hydrogen) atoms. The van der Waals surface area contributed by atoms with Crippen molar-refractivity contribution in [3.63, 3.8) is 0 Å². The Morgan fingerprint density at radius 2 is 2.00 bits per heavy atom. The molecule has 3 aromatic rings. The van der Waals surface area contributed by atoms with Gasteiger partial charge in [0.25, 0.3) is 0 Å². The van der Waals surface area contributed by atoms with E-state index in [4.69, 9.17) is 12.2 Å². The molecular weight excluding hydrogens is 322 g/mol. The van der Waals surface area contributed by atoms with Crippen LogP contribution in [0.25, 0.3) is 10.2 Å². The average Bonchev–Trinajstić information content (AvgIpc) is 2.98. The second kappa shape index (κ2) is 7.06. The SMILES string of the molecule is CCc1nc2ccc(NC(=S)N[C@H](C)c3ccccc3)cc2s1. The van der Waals surface area contributed by atoms with Crippen LogP contribution in [0.5, 0.6) is 0 Å². The van der Waals surface area contributed by atoms with Gasteiger partial charge in [0.2, 0.25) is 0 Å². The zero-order chi connectivity index (χ0) is 16.2. The molecule has 0 aliphatic carbocycles. The van der Waals surface area contributed by atoms with Crippen molar-refractivity contribution >= 4 is 44.6 Å². The summed E-state index contributed by atoms with van der Waals surface area (Å²) < 4.78 is 1.19. The number of fused-ring (bicyclic) bond motifs is 1. The highest BCUT2D eigenvalue weighted by atomic mass is 32.1. The number of hydrogen-bond acceptors (Lipinski definition) is 3. The Labute approximate surface area is 145 Å². The molecule has 0 radical (unpaired) electrons. The Morgan fingerprint density at radius 1 is 1.22 bits per heavy atom. The highest BCUT2D eigenvalue weighted by Gasteiger charge is 2.08. The van der Waals surface area contributed by atoms with E-state index in [1.54, 1.807) is 11.3 Å². The highest BCUT2D eigenvalue weighted by Crippen LogP contribution is 2.25. The summed E-state index contributed by atoms with van der Waals surface area (Å²) in [5, 5.41) is 8.37. The van der Waals surface area contributed by atoms with Crippen LogP contribution in [0.2, 0.25) is 0 Å². The summed E-state index contributed by atoms with van der Waals surface area (Å²) in [4.78, 5) is 4.58. The van der Waals surface area contributed by atoms with Crippen LogP contribution < -0.4 is 10.6 Å². The predicted octanol–water partition coefficient (Wildman–Crippen LogP) is 4.91. The van der Waals surface area contributed by atoms with Gasteiger partial charge in [-0.25, -0.2) is 4.98 Å². The molecule has 3 nitrogen and oxygen atoms in total. The first-order valence-electron chi connectivity index (χ1n) is 7.67. The third-order valence-electron chi connectivity index (χ3n) is 3.64. The third-order valence-corrected chi connectivity index (χ3v) is 5.02. The molecule has 2 N–H and O–H groups in total. The minimum Gasteiger partial charge on any atom is -0.356 e. The van der Waals surface area contributed by atoms with Crippen molar-refractivity contribution in [2.45, 2.75) is 26.3 Å². The Morgan fingerprint density at radius 3 is 2.74 bits per heavy atom. The van der Waals surface area contributed by atoms with Gasteiger partial charge in [-0.3, -0.25) is 0 Å². The molecule has 0 bridgehead atoms. The molecule has 1 atom stereocenters. The Balaban J connectivity index is 1.67. The van der Waals surface area contributed by atoms with Gasteiger partial charge in [-0.1, -0.05) is 37.3 Å². The van der Waals surface area contributed by atoms with Gasteiger partial charge in [0.15, 0.2) is 5.11 Å². The lowest BCUT2D eigenvalue weighted by atomic mass is 10.1. The molecule has 0 amide bonds. The number of thiazole rings is 1. The van der Waals surface area contributed by atoms with E-state index in [9.17, 15) is 0 Å². The first-order valence-corrected chi connectivity index (χ1v) is 8.90. The first kappa shape index (κ1) is 15.9. The summed E-state index contributed by atoms with van der Waals surface area (Å²) in [5.41, 5.74) is 3.25. The number of benzene rings is 2. The van der Waals surface area contributed by atoms with E-state index in [1.807, 2.05) is 30.3 Å². The van der Waals surface area contributed by atoms with E-state index >= 15 is 0 Å². The van der Waals surface area contributed by atoms with Crippen LogP contribution >= 0.6 is 23.6 Å². The monoisotopic (exact) mass is 341 g/mol. The molecule has 0 unspecified atom stereocenters. The number of thiocarbonyl (C=S) groups is 1. The fourth-order valence-corrected chi connectivity index (χ4v) is 3.63. The van der Waals surface area contributed by atoms with E-state index in [1.165, 1.54) is 10.3 Å². The van der Waals surface area contributed by atoms with E-state index in [0.717, 1.165) is 22.6 Å². The summed E-state index contributed by atoms with van der Waals surface area (Å²) in [7, 11) is 0. The quantitative estimate of drug-likeness (QED) is 0.661. The standard InChI is InChI=1S/C18H19N3S2/c1-3-17-21-15-10-9-14(11-16(15)23-17)20-18(22)19-12(2)13-7-5-4-6-8-13/h4-12H,3H2,1-2H3,(H2,19,20,22)/t12-/m1/s1. The molecule has 1 aromatic heterocycles. The molecule has 0 saturated heterocycles. The molecule has 1 heterocycles. The lowest BCUT2D eigenvalue weighted by Crippen LogP contribution is -2.30. The zero-order valence-corrected chi connectivity index (χ0v) is 14.8. The second-order valence-corrected chi connectivity index (χ2v) is 6.90. The van der Waals surface area contributed by atoms with Crippen molar-refractivity contribution in [1.82, 2.24) is 10.3 Å². The second-order valence-electron chi connectivity index (χ2n) is 5.37. The van der Waals surface area contributed by atoms with Crippen molar-refractivity contribution in [2.24, 2.45) is 0 Å². The largest absolute Gasteiger partial charge is 0.356 e. The lowest BCUT2D eigenvalue weighted by Gasteiger charge is -2.17. The van der Waals surface area contributed by atoms with Crippen molar-refractivity contribution in [3.8, 4) is 0 Å². The van der Waals surface area contributed by atoms with Gasteiger partial charge >= 0.3 is 0 Å². The normalized spacial score (nSPS) is 12.1. The number of nitrogens with one attached hydrogen (secondary N) is 2. The molecule has 0 fully saturated rings. The molecule has 0 aliphatic rings. The van der Waals surface area contributed by atoms with Gasteiger partial charge in [-0.15, -0.1) is 11.3 Å². The summed E-state index contributed by atoms with van der Waals surface area (Å²) in [5.74, 6) is 0. The molecule has 5 heteroatoms. The molecule has 0 aliphatic heterocycles. The first-order chi connectivity index (χ1) is 11.2. The van der Waals surface area contributed by atoms with E-state index in [2.05, 4.69) is 47.7 Å². The smallest absolute Gasteiger partial charge is 0.171 e. The number of aryl methyl sites for hydroxylation is 1. The van der Waals surface area contributed by atoms with Crippen LogP contribution in [-0.4, -0.2) is 10.1 Å². The average molecular weight is 342 g/mol. The summed E-state index contributed by atoms with van der Waals surface area (Å²) >= 11 is 7.16. The van der Waals surface area contributed by atoms with Crippen molar-refractivity contribution < 1.29 is 0 Å². The van der Waals surface area contributed by atoms with Gasteiger partial charge in [0.1, 0.15) is 0 Å². The maximum absolute atomic E-state index is 5.43. The minimum atomic E-state index is 0.162. The molecule has 0 spiro atoms. The molecule has 2 aromatic carbocycles. The van der Waals surface area contributed by atoms with Crippen LogP contribution in [-0.2, 0) is 6.42 Å². The lowest BCUT2D eigenvalue weighted by molar-refractivity contribution is 0.723. The third kappa shape index (κ3) is 3.86. The Kier molecular flexibility index (Phi) is 4.88. The minimum absolute atomic E-state index is 0.162. The maximum atomic E-state index is 5.43. The number of nitrogens with zero attached hydrogens (tertiary/aromatic N) is 1. The van der Waals surface area contributed by atoms with Crippen molar-refractivity contribution in [1.29, 1.82) is 0 Å². The number of rotatable bonds is 4. The van der Waals surface area contributed by atoms with Gasteiger partial charge in [0.05, 0.1) is 21.3 Å². The summed E-state index contributed by atoms with van der Waals surface area (Å²) in [6.07, 6.45) is 0.969. The number of hydrogen-bond donors (Lipinski definition) is 2. The topological polar surface area (TPSA) is 37.0 Å². The van der Waals surface area contributed by atoms with Crippen molar-refractivity contribution in [3.05, 3.63) is 59.1 Å². The van der Waals surface area contributed by atoms with E-state index in [-0.39, 0.29) is 6.04 Å². The summed E-state index contributed by atoms with van der Waals surface area (Å²) in [6.45, 7) is 4.23. The fraction of sp³-hybridized carbons (Fsp3) is 0.222. The van der Waals surface area contributed by atoms with Crippen LogP contribution in [0.15, 0.2) is 48.5 Å². The number of aromatic nitrogens is 1. The van der Waals surface area contributed by atoms with Gasteiger partial charge in [-0.05, 0) is 49.3 Å².